The van der Waals surface area contributed by atoms with Gasteiger partial charge in [0.25, 0.3) is 5.91 Å². The number of benzene rings is 1. The van der Waals surface area contributed by atoms with Gasteiger partial charge in [-0.3, -0.25) is 14.4 Å². The quantitative estimate of drug-likeness (QED) is 0.498. The Kier molecular flexibility index (Phi) is 6.31. The number of rotatable bonds is 6. The number of nitrogens with one attached hydrogen (secondary N) is 1. The summed E-state index contributed by atoms with van der Waals surface area (Å²) in [4.78, 5) is 29.1. The fourth-order valence-corrected chi connectivity index (χ4v) is 1.86. The van der Waals surface area contributed by atoms with Crippen LogP contribution in [-0.4, -0.2) is 23.6 Å². The lowest BCUT2D eigenvalue weighted by atomic mass is 9.92. The fraction of sp³-hybridized carbons (Fsp3) is 0.412. The molecule has 1 amide bonds. The lowest BCUT2D eigenvalue weighted by Crippen LogP contribution is -2.40. The summed E-state index contributed by atoms with van der Waals surface area (Å²) in [5.74, 6) is -1.60. The van der Waals surface area contributed by atoms with Gasteiger partial charge in [0, 0.05) is 6.92 Å². The predicted octanol–water partition coefficient (Wildman–Crippen LogP) is 2.73. The van der Waals surface area contributed by atoms with Crippen LogP contribution in [0.4, 0.5) is 0 Å². The van der Waals surface area contributed by atoms with Crippen molar-refractivity contribution in [2.75, 3.05) is 0 Å². The normalized spacial score (nSPS) is 13.8. The van der Waals surface area contributed by atoms with Crippen molar-refractivity contribution >= 4 is 11.9 Å². The Labute approximate surface area is 131 Å². The van der Waals surface area contributed by atoms with Crippen molar-refractivity contribution in [2.45, 2.75) is 45.3 Å². The van der Waals surface area contributed by atoms with Gasteiger partial charge in [-0.05, 0) is 26.3 Å². The van der Waals surface area contributed by atoms with E-state index in [1.807, 2.05) is 39.0 Å². The molecule has 0 radical (unpaired) electrons. The molecule has 0 heterocycles. The monoisotopic (exact) mass is 305 g/mol. The van der Waals surface area contributed by atoms with Gasteiger partial charge in [-0.2, -0.15) is 0 Å². The molecule has 0 unspecified atom stereocenters. The Morgan fingerprint density at radius 2 is 1.82 bits per heavy atom. The van der Waals surface area contributed by atoms with Crippen molar-refractivity contribution in [3.05, 3.63) is 48.6 Å². The standard InChI is InChI=1S/C17H23NO4/c1-6-14(21-12(2)19)15(13-10-8-7-9-11-13)16(20)18-22-17(3,4)5/h6-11,14-15H,1H2,2-5H3,(H,18,20)/t14-,15-/m1/s1. The first-order valence-corrected chi connectivity index (χ1v) is 7.07. The van der Waals surface area contributed by atoms with E-state index in [1.165, 1.54) is 13.0 Å². The summed E-state index contributed by atoms with van der Waals surface area (Å²) in [5.41, 5.74) is 2.62. The van der Waals surface area contributed by atoms with Crippen LogP contribution in [0, 0.1) is 0 Å². The Balaban J connectivity index is 3.03. The van der Waals surface area contributed by atoms with E-state index in [0.29, 0.717) is 5.56 Å². The first-order chi connectivity index (χ1) is 10.2. The number of hydrogen-bond donors (Lipinski definition) is 1. The van der Waals surface area contributed by atoms with Crippen LogP contribution < -0.4 is 5.48 Å². The SMILES string of the molecule is C=C[C@@H](OC(C)=O)[C@H](C(=O)NOC(C)(C)C)c1ccccc1. The molecule has 2 atom stereocenters. The maximum Gasteiger partial charge on any atom is 0.303 e. The highest BCUT2D eigenvalue weighted by atomic mass is 16.7. The molecule has 0 aliphatic heterocycles. The number of esters is 1. The number of ether oxygens (including phenoxy) is 1. The zero-order valence-electron chi connectivity index (χ0n) is 13.5. The summed E-state index contributed by atoms with van der Waals surface area (Å²) in [6.45, 7) is 10.4. The molecule has 0 aliphatic rings. The van der Waals surface area contributed by atoms with Crippen LogP contribution in [-0.2, 0) is 19.2 Å². The fourth-order valence-electron chi connectivity index (χ4n) is 1.86. The van der Waals surface area contributed by atoms with Crippen molar-refractivity contribution in [1.29, 1.82) is 0 Å². The smallest absolute Gasteiger partial charge is 0.303 e. The van der Waals surface area contributed by atoms with Gasteiger partial charge in [-0.15, -0.1) is 0 Å². The molecule has 0 saturated carbocycles. The van der Waals surface area contributed by atoms with E-state index in [9.17, 15) is 9.59 Å². The summed E-state index contributed by atoms with van der Waals surface area (Å²) >= 11 is 0. The van der Waals surface area contributed by atoms with E-state index in [0.717, 1.165) is 0 Å². The number of carbonyl (C=O) groups excluding carboxylic acids is 2. The number of hydrogen-bond acceptors (Lipinski definition) is 4. The molecule has 22 heavy (non-hydrogen) atoms. The van der Waals surface area contributed by atoms with Gasteiger partial charge in [0.2, 0.25) is 0 Å². The van der Waals surface area contributed by atoms with E-state index < -0.39 is 29.5 Å². The van der Waals surface area contributed by atoms with Crippen LogP contribution in [0.25, 0.3) is 0 Å². The largest absolute Gasteiger partial charge is 0.457 e. The van der Waals surface area contributed by atoms with Crippen LogP contribution in [0.3, 0.4) is 0 Å². The molecule has 0 spiro atoms. The molecule has 1 N–H and O–H groups in total. The van der Waals surface area contributed by atoms with Crippen LogP contribution >= 0.6 is 0 Å². The van der Waals surface area contributed by atoms with Crippen LogP contribution in [0.15, 0.2) is 43.0 Å². The molecule has 5 heteroatoms. The second kappa shape index (κ2) is 7.75. The molecular formula is C17H23NO4. The van der Waals surface area contributed by atoms with Crippen LogP contribution in [0.2, 0.25) is 0 Å². The van der Waals surface area contributed by atoms with E-state index in [2.05, 4.69) is 12.1 Å². The topological polar surface area (TPSA) is 64.6 Å². The van der Waals surface area contributed by atoms with Crippen molar-refractivity contribution in [3.63, 3.8) is 0 Å². The van der Waals surface area contributed by atoms with Gasteiger partial charge < -0.3 is 4.74 Å². The number of amides is 1. The molecule has 1 aromatic carbocycles. The van der Waals surface area contributed by atoms with E-state index in [-0.39, 0.29) is 0 Å². The minimum atomic E-state index is -0.775. The van der Waals surface area contributed by atoms with Crippen molar-refractivity contribution in [1.82, 2.24) is 5.48 Å². The Morgan fingerprint density at radius 1 is 1.23 bits per heavy atom. The van der Waals surface area contributed by atoms with Gasteiger partial charge in [-0.25, -0.2) is 5.48 Å². The number of hydroxylamine groups is 1. The van der Waals surface area contributed by atoms with Gasteiger partial charge in [0.05, 0.1) is 5.60 Å². The molecule has 0 bridgehead atoms. The molecule has 1 rings (SSSR count). The molecule has 120 valence electrons. The highest BCUT2D eigenvalue weighted by Crippen LogP contribution is 2.24. The Hall–Kier alpha value is -2.14. The zero-order chi connectivity index (χ0) is 16.8. The first kappa shape index (κ1) is 17.9. The second-order valence-electron chi connectivity index (χ2n) is 5.88. The maximum atomic E-state index is 12.5. The Morgan fingerprint density at radius 3 is 2.27 bits per heavy atom. The molecule has 0 aliphatic carbocycles. The maximum absolute atomic E-state index is 12.5. The van der Waals surface area contributed by atoms with Crippen molar-refractivity contribution < 1.29 is 19.2 Å². The van der Waals surface area contributed by atoms with Gasteiger partial charge in [-0.1, -0.05) is 43.0 Å². The summed E-state index contributed by atoms with van der Waals surface area (Å²) in [7, 11) is 0. The molecule has 1 aromatic rings. The zero-order valence-corrected chi connectivity index (χ0v) is 13.5. The third kappa shape index (κ3) is 5.69. The van der Waals surface area contributed by atoms with Gasteiger partial charge in [0.15, 0.2) is 0 Å². The highest BCUT2D eigenvalue weighted by molar-refractivity contribution is 5.84. The van der Waals surface area contributed by atoms with Gasteiger partial charge in [0.1, 0.15) is 12.0 Å². The molecule has 5 nitrogen and oxygen atoms in total. The second-order valence-corrected chi connectivity index (χ2v) is 5.88. The first-order valence-electron chi connectivity index (χ1n) is 7.07. The predicted molar refractivity (Wildman–Crippen MR) is 83.9 cm³/mol. The van der Waals surface area contributed by atoms with E-state index >= 15 is 0 Å². The van der Waals surface area contributed by atoms with Crippen LogP contribution in [0.1, 0.15) is 39.2 Å². The number of carbonyl (C=O) groups is 2. The molecule has 0 aromatic heterocycles. The molecule has 0 fully saturated rings. The van der Waals surface area contributed by atoms with Gasteiger partial charge >= 0.3 is 5.97 Å². The third-order valence-electron chi connectivity index (χ3n) is 2.76. The summed E-state index contributed by atoms with van der Waals surface area (Å²) < 4.78 is 5.20. The summed E-state index contributed by atoms with van der Waals surface area (Å²) in [5, 5.41) is 0. The minimum absolute atomic E-state index is 0.396. The minimum Gasteiger partial charge on any atom is -0.457 e. The highest BCUT2D eigenvalue weighted by Gasteiger charge is 2.31. The Bertz CT molecular complexity index is 519. The van der Waals surface area contributed by atoms with Crippen molar-refractivity contribution in [3.8, 4) is 0 Å². The summed E-state index contributed by atoms with van der Waals surface area (Å²) in [6.07, 6.45) is 0.666. The third-order valence-corrected chi connectivity index (χ3v) is 2.76. The summed E-state index contributed by atoms with van der Waals surface area (Å²) in [6, 6.07) is 9.06. The lowest BCUT2D eigenvalue weighted by molar-refractivity contribution is -0.154. The molecular weight excluding hydrogens is 282 g/mol. The van der Waals surface area contributed by atoms with E-state index in [4.69, 9.17) is 9.57 Å². The molecule has 0 saturated heterocycles. The van der Waals surface area contributed by atoms with Crippen molar-refractivity contribution in [2.24, 2.45) is 0 Å². The average Bonchev–Trinajstić information content (AvgIpc) is 2.44. The average molecular weight is 305 g/mol. The van der Waals surface area contributed by atoms with E-state index in [1.54, 1.807) is 12.1 Å². The van der Waals surface area contributed by atoms with Crippen LogP contribution in [0.5, 0.6) is 0 Å². The lowest BCUT2D eigenvalue weighted by Gasteiger charge is -2.26.